The Balaban J connectivity index is 1.69. The fourth-order valence-corrected chi connectivity index (χ4v) is 3.47. The molecule has 0 saturated heterocycles. The first kappa shape index (κ1) is 21.4. The second-order valence-corrected chi connectivity index (χ2v) is 8.24. The quantitative estimate of drug-likeness (QED) is 0.411. The van der Waals surface area contributed by atoms with Crippen LogP contribution in [0.25, 0.3) is 0 Å². The fourth-order valence-electron chi connectivity index (χ4n) is 2.66. The van der Waals surface area contributed by atoms with E-state index in [0.717, 1.165) is 5.56 Å². The van der Waals surface area contributed by atoms with Gasteiger partial charge in [0.05, 0.1) is 17.7 Å². The Hall–Kier alpha value is -3.32. The van der Waals surface area contributed by atoms with E-state index < -0.39 is 10.0 Å². The van der Waals surface area contributed by atoms with Crippen LogP contribution in [0.3, 0.4) is 0 Å². The molecule has 0 aliphatic rings. The van der Waals surface area contributed by atoms with Gasteiger partial charge in [0, 0.05) is 0 Å². The van der Waals surface area contributed by atoms with Crippen molar-refractivity contribution >= 4 is 16.2 Å². The molecule has 0 heterocycles. The first-order chi connectivity index (χ1) is 14.5. The number of hydrogen-bond acceptors (Lipinski definition) is 5. The normalized spacial score (nSPS) is 11.4. The average molecular weight is 425 g/mol. The van der Waals surface area contributed by atoms with Crippen molar-refractivity contribution in [1.82, 2.24) is 4.83 Å². The van der Waals surface area contributed by atoms with Crippen molar-refractivity contribution in [2.75, 3.05) is 6.61 Å². The third-order valence-corrected chi connectivity index (χ3v) is 5.46. The number of hydrazone groups is 1. The molecule has 0 bridgehead atoms. The highest BCUT2D eigenvalue weighted by molar-refractivity contribution is 7.89. The number of sulfonamides is 1. The van der Waals surface area contributed by atoms with E-state index in [1.54, 1.807) is 36.4 Å². The van der Waals surface area contributed by atoms with Gasteiger partial charge in [0.15, 0.2) is 11.5 Å². The molecule has 0 aliphatic heterocycles. The minimum atomic E-state index is -3.71. The van der Waals surface area contributed by atoms with Crippen LogP contribution >= 0.6 is 0 Å². The van der Waals surface area contributed by atoms with Gasteiger partial charge in [0.2, 0.25) is 0 Å². The number of nitrogens with one attached hydrogen (secondary N) is 1. The average Bonchev–Trinajstić information content (AvgIpc) is 2.75. The van der Waals surface area contributed by atoms with Gasteiger partial charge in [-0.1, -0.05) is 48.0 Å². The van der Waals surface area contributed by atoms with E-state index in [4.69, 9.17) is 9.47 Å². The van der Waals surface area contributed by atoms with Crippen molar-refractivity contribution in [3.63, 3.8) is 0 Å². The molecule has 0 spiro atoms. The van der Waals surface area contributed by atoms with E-state index in [-0.39, 0.29) is 4.90 Å². The van der Waals surface area contributed by atoms with E-state index in [2.05, 4.69) is 9.93 Å². The van der Waals surface area contributed by atoms with Crippen LogP contribution in [0.2, 0.25) is 0 Å². The van der Waals surface area contributed by atoms with Crippen LogP contribution < -0.4 is 14.3 Å². The first-order valence-electron chi connectivity index (χ1n) is 9.53. The van der Waals surface area contributed by atoms with Crippen LogP contribution in [0.1, 0.15) is 23.6 Å². The molecule has 0 amide bonds. The molecule has 0 unspecified atom stereocenters. The maximum absolute atomic E-state index is 12.2. The van der Waals surface area contributed by atoms with E-state index >= 15 is 0 Å². The Morgan fingerprint density at radius 1 is 0.933 bits per heavy atom. The predicted molar refractivity (Wildman–Crippen MR) is 117 cm³/mol. The lowest BCUT2D eigenvalue weighted by molar-refractivity contribution is 0.269. The van der Waals surface area contributed by atoms with E-state index in [0.29, 0.717) is 30.3 Å². The van der Waals surface area contributed by atoms with Crippen molar-refractivity contribution < 1.29 is 17.9 Å². The second-order valence-electron chi connectivity index (χ2n) is 6.58. The second kappa shape index (κ2) is 9.93. The fraction of sp³-hybridized carbons (Fsp3) is 0.174. The lowest BCUT2D eigenvalue weighted by Crippen LogP contribution is -2.18. The Labute approximate surface area is 177 Å². The molecule has 6 nitrogen and oxygen atoms in total. The highest BCUT2D eigenvalue weighted by atomic mass is 32.2. The molecule has 0 saturated carbocycles. The van der Waals surface area contributed by atoms with Crippen molar-refractivity contribution in [3.8, 4) is 11.5 Å². The summed E-state index contributed by atoms with van der Waals surface area (Å²) < 4.78 is 36.0. The highest BCUT2D eigenvalue weighted by Crippen LogP contribution is 2.29. The summed E-state index contributed by atoms with van der Waals surface area (Å²) in [5.41, 5.74) is 2.93. The number of nitrogens with zero attached hydrogens (tertiary/aromatic N) is 1. The van der Waals surface area contributed by atoms with Gasteiger partial charge in [-0.25, -0.2) is 4.83 Å². The maximum atomic E-state index is 12.2. The van der Waals surface area contributed by atoms with Crippen LogP contribution in [0.4, 0.5) is 0 Å². The Kier molecular flexibility index (Phi) is 7.08. The predicted octanol–water partition coefficient (Wildman–Crippen LogP) is 4.29. The Morgan fingerprint density at radius 2 is 1.67 bits per heavy atom. The van der Waals surface area contributed by atoms with Gasteiger partial charge < -0.3 is 9.47 Å². The molecule has 156 valence electrons. The number of hydrogen-bond donors (Lipinski definition) is 1. The summed E-state index contributed by atoms with van der Waals surface area (Å²) in [5, 5.41) is 3.86. The summed E-state index contributed by atoms with van der Waals surface area (Å²) in [6, 6.07) is 21.5. The van der Waals surface area contributed by atoms with Crippen molar-refractivity contribution in [3.05, 3.63) is 89.5 Å². The molecular weight excluding hydrogens is 400 g/mol. The van der Waals surface area contributed by atoms with E-state index in [1.807, 2.05) is 38.1 Å². The minimum Gasteiger partial charge on any atom is -0.490 e. The zero-order valence-electron chi connectivity index (χ0n) is 16.9. The minimum absolute atomic E-state index is 0.150. The molecular formula is C23H24N2O4S. The molecule has 0 fully saturated rings. The van der Waals surface area contributed by atoms with Gasteiger partial charge in [-0.15, -0.1) is 0 Å². The summed E-state index contributed by atoms with van der Waals surface area (Å²) in [7, 11) is -3.71. The van der Waals surface area contributed by atoms with Gasteiger partial charge in [-0.05, 0) is 55.3 Å². The summed E-state index contributed by atoms with van der Waals surface area (Å²) in [6.45, 7) is 4.82. The number of rotatable bonds is 9. The number of aryl methyl sites for hydroxylation is 1. The van der Waals surface area contributed by atoms with Crippen LogP contribution in [-0.2, 0) is 16.6 Å². The van der Waals surface area contributed by atoms with Gasteiger partial charge >= 0.3 is 0 Å². The molecule has 0 atom stereocenters. The van der Waals surface area contributed by atoms with Crippen LogP contribution in [0, 0.1) is 6.92 Å². The van der Waals surface area contributed by atoms with Crippen molar-refractivity contribution in [2.24, 2.45) is 5.10 Å². The van der Waals surface area contributed by atoms with Crippen LogP contribution in [-0.4, -0.2) is 21.2 Å². The van der Waals surface area contributed by atoms with Crippen molar-refractivity contribution in [2.45, 2.75) is 25.3 Å². The molecule has 1 N–H and O–H groups in total. The summed E-state index contributed by atoms with van der Waals surface area (Å²) >= 11 is 0. The smallest absolute Gasteiger partial charge is 0.276 e. The lowest BCUT2D eigenvalue weighted by Gasteiger charge is -2.13. The first-order valence-corrected chi connectivity index (χ1v) is 11.0. The lowest BCUT2D eigenvalue weighted by atomic mass is 10.2. The van der Waals surface area contributed by atoms with Gasteiger partial charge in [0.25, 0.3) is 10.0 Å². The zero-order chi connectivity index (χ0) is 21.4. The summed E-state index contributed by atoms with van der Waals surface area (Å²) in [5.74, 6) is 1.18. The SMILES string of the molecule is CCOc1cc(/C=N/NS(=O)(=O)c2ccccc2)ccc1OCc1ccc(C)cc1. The van der Waals surface area contributed by atoms with E-state index in [1.165, 1.54) is 23.9 Å². The molecule has 3 aromatic rings. The monoisotopic (exact) mass is 424 g/mol. The maximum Gasteiger partial charge on any atom is 0.276 e. The van der Waals surface area contributed by atoms with Crippen molar-refractivity contribution in [1.29, 1.82) is 0 Å². The van der Waals surface area contributed by atoms with Gasteiger partial charge in [-0.2, -0.15) is 13.5 Å². The molecule has 3 aromatic carbocycles. The third-order valence-electron chi connectivity index (χ3n) is 4.22. The zero-order valence-corrected chi connectivity index (χ0v) is 17.7. The standard InChI is InChI=1S/C23H24N2O4S/c1-3-28-23-15-20(16-24-25-30(26,27)21-7-5-4-6-8-21)13-14-22(23)29-17-19-11-9-18(2)10-12-19/h4-16,25H,3,17H2,1-2H3/b24-16+. The number of ether oxygens (including phenoxy) is 2. The largest absolute Gasteiger partial charge is 0.490 e. The highest BCUT2D eigenvalue weighted by Gasteiger charge is 2.11. The van der Waals surface area contributed by atoms with E-state index in [9.17, 15) is 8.42 Å². The number of benzene rings is 3. The third kappa shape index (κ3) is 5.84. The van der Waals surface area contributed by atoms with Crippen LogP contribution in [0.15, 0.2) is 82.8 Å². The topological polar surface area (TPSA) is 77.0 Å². The molecule has 0 aromatic heterocycles. The molecule has 7 heteroatoms. The van der Waals surface area contributed by atoms with Gasteiger partial charge in [-0.3, -0.25) is 0 Å². The molecule has 30 heavy (non-hydrogen) atoms. The van der Waals surface area contributed by atoms with Gasteiger partial charge in [0.1, 0.15) is 6.61 Å². The Morgan fingerprint density at radius 3 is 2.37 bits per heavy atom. The molecule has 0 aliphatic carbocycles. The molecule has 3 rings (SSSR count). The molecule has 0 radical (unpaired) electrons. The Bertz CT molecular complexity index is 1100. The summed E-state index contributed by atoms with van der Waals surface area (Å²) in [4.78, 5) is 2.36. The van der Waals surface area contributed by atoms with Crippen LogP contribution in [0.5, 0.6) is 11.5 Å². The summed E-state index contributed by atoms with van der Waals surface area (Å²) in [6.07, 6.45) is 1.42.